The first kappa shape index (κ1) is 13.9. The zero-order chi connectivity index (χ0) is 15.5. The SMILES string of the molecule is CC1(C)CC(=O)c2c(C3CC3)nn(-c3ccc(Cl)nn3)c2C1. The molecule has 0 radical (unpaired) electrons. The normalized spacial score (nSPS) is 20.0. The number of ketones is 1. The first-order valence-corrected chi connectivity index (χ1v) is 7.97. The van der Waals surface area contributed by atoms with Crippen molar-refractivity contribution in [3.63, 3.8) is 0 Å². The van der Waals surface area contributed by atoms with Gasteiger partial charge in [0.15, 0.2) is 16.8 Å². The van der Waals surface area contributed by atoms with Crippen LogP contribution in [0.1, 0.15) is 60.8 Å². The first-order chi connectivity index (χ1) is 10.4. The van der Waals surface area contributed by atoms with Crippen LogP contribution in [0.3, 0.4) is 0 Å². The van der Waals surface area contributed by atoms with E-state index in [-0.39, 0.29) is 11.2 Å². The number of hydrogen-bond acceptors (Lipinski definition) is 4. The molecule has 5 nitrogen and oxygen atoms in total. The van der Waals surface area contributed by atoms with Gasteiger partial charge in [0.1, 0.15) is 0 Å². The zero-order valence-corrected chi connectivity index (χ0v) is 13.4. The van der Waals surface area contributed by atoms with Crippen molar-refractivity contribution in [3.8, 4) is 5.82 Å². The molecule has 0 atom stereocenters. The minimum Gasteiger partial charge on any atom is -0.294 e. The van der Waals surface area contributed by atoms with E-state index in [4.69, 9.17) is 16.7 Å². The number of carbonyl (C=O) groups excluding carboxylic acids is 1. The van der Waals surface area contributed by atoms with E-state index in [2.05, 4.69) is 24.0 Å². The molecule has 0 aliphatic heterocycles. The van der Waals surface area contributed by atoms with Gasteiger partial charge in [-0.2, -0.15) is 5.10 Å². The zero-order valence-electron chi connectivity index (χ0n) is 12.6. The number of hydrogen-bond donors (Lipinski definition) is 0. The van der Waals surface area contributed by atoms with E-state index in [1.807, 2.05) is 0 Å². The third-order valence-electron chi connectivity index (χ3n) is 4.37. The fourth-order valence-electron chi connectivity index (χ4n) is 3.23. The summed E-state index contributed by atoms with van der Waals surface area (Å²) >= 11 is 5.82. The Balaban J connectivity index is 1.90. The Morgan fingerprint density at radius 3 is 2.64 bits per heavy atom. The summed E-state index contributed by atoms with van der Waals surface area (Å²) < 4.78 is 1.80. The molecule has 0 saturated heterocycles. The lowest BCUT2D eigenvalue weighted by atomic mass is 9.75. The van der Waals surface area contributed by atoms with Crippen LogP contribution in [0.4, 0.5) is 0 Å². The number of Topliss-reactive ketones (excluding diaryl/α,β-unsaturated/α-hetero) is 1. The molecule has 6 heteroatoms. The highest BCUT2D eigenvalue weighted by Crippen LogP contribution is 2.45. The Kier molecular flexibility index (Phi) is 2.92. The summed E-state index contributed by atoms with van der Waals surface area (Å²) in [6.45, 7) is 4.24. The van der Waals surface area contributed by atoms with Crippen LogP contribution in [0.5, 0.6) is 0 Å². The predicted octanol–water partition coefficient (Wildman–Crippen LogP) is 3.35. The molecular weight excluding hydrogens is 300 g/mol. The molecule has 2 aliphatic rings. The second-order valence-corrected chi connectivity index (χ2v) is 7.44. The molecule has 0 spiro atoms. The Morgan fingerprint density at radius 1 is 1.23 bits per heavy atom. The van der Waals surface area contributed by atoms with Crippen molar-refractivity contribution in [2.24, 2.45) is 5.41 Å². The van der Waals surface area contributed by atoms with E-state index in [1.54, 1.807) is 16.8 Å². The minimum atomic E-state index is -0.0530. The quantitative estimate of drug-likeness (QED) is 0.852. The first-order valence-electron chi connectivity index (χ1n) is 7.59. The van der Waals surface area contributed by atoms with Crippen LogP contribution in [0, 0.1) is 5.41 Å². The topological polar surface area (TPSA) is 60.7 Å². The van der Waals surface area contributed by atoms with Crippen molar-refractivity contribution in [2.45, 2.75) is 45.4 Å². The molecular formula is C16H17ClN4O. The van der Waals surface area contributed by atoms with Crippen LogP contribution in [0.25, 0.3) is 5.82 Å². The Morgan fingerprint density at radius 2 is 2.00 bits per heavy atom. The summed E-state index contributed by atoms with van der Waals surface area (Å²) in [6.07, 6.45) is 3.63. The molecule has 0 N–H and O–H groups in total. The Labute approximate surface area is 133 Å². The Hall–Kier alpha value is -1.75. The maximum Gasteiger partial charge on any atom is 0.176 e. The van der Waals surface area contributed by atoms with Crippen molar-refractivity contribution in [1.29, 1.82) is 0 Å². The molecule has 0 unspecified atom stereocenters. The van der Waals surface area contributed by atoms with Gasteiger partial charge in [-0.1, -0.05) is 25.4 Å². The largest absolute Gasteiger partial charge is 0.294 e. The van der Waals surface area contributed by atoms with Gasteiger partial charge >= 0.3 is 0 Å². The molecule has 1 saturated carbocycles. The highest BCUT2D eigenvalue weighted by atomic mass is 35.5. The predicted molar refractivity (Wildman–Crippen MR) is 82.6 cm³/mol. The lowest BCUT2D eigenvalue weighted by molar-refractivity contribution is 0.0910. The molecule has 2 aromatic heterocycles. The van der Waals surface area contributed by atoms with E-state index in [9.17, 15) is 4.79 Å². The summed E-state index contributed by atoms with van der Waals surface area (Å²) in [5.74, 6) is 1.26. The summed E-state index contributed by atoms with van der Waals surface area (Å²) in [5, 5.41) is 13.1. The van der Waals surface area contributed by atoms with Gasteiger partial charge in [-0.3, -0.25) is 4.79 Å². The van der Waals surface area contributed by atoms with Crippen LogP contribution < -0.4 is 0 Å². The molecule has 2 heterocycles. The van der Waals surface area contributed by atoms with Gasteiger partial charge in [-0.05, 0) is 36.8 Å². The number of nitrogens with zero attached hydrogens (tertiary/aromatic N) is 4. The fraction of sp³-hybridized carbons (Fsp3) is 0.500. The van der Waals surface area contributed by atoms with E-state index in [1.165, 1.54) is 0 Å². The minimum absolute atomic E-state index is 0.0530. The smallest absolute Gasteiger partial charge is 0.176 e. The highest BCUT2D eigenvalue weighted by molar-refractivity contribution is 6.29. The maximum atomic E-state index is 12.6. The van der Waals surface area contributed by atoms with Crippen LogP contribution in [0.15, 0.2) is 12.1 Å². The summed E-state index contributed by atoms with van der Waals surface area (Å²) in [5.41, 5.74) is 2.70. The van der Waals surface area contributed by atoms with Crippen LogP contribution in [-0.2, 0) is 6.42 Å². The van der Waals surface area contributed by atoms with Crippen LogP contribution >= 0.6 is 11.6 Å². The average molecular weight is 317 g/mol. The third-order valence-corrected chi connectivity index (χ3v) is 4.57. The third kappa shape index (κ3) is 2.24. The fourth-order valence-corrected chi connectivity index (χ4v) is 3.33. The summed E-state index contributed by atoms with van der Waals surface area (Å²) in [6, 6.07) is 3.50. The van der Waals surface area contributed by atoms with Gasteiger partial charge in [0, 0.05) is 12.3 Å². The molecule has 0 aromatic carbocycles. The molecule has 22 heavy (non-hydrogen) atoms. The van der Waals surface area contributed by atoms with Crippen LogP contribution in [-0.4, -0.2) is 25.8 Å². The van der Waals surface area contributed by atoms with Gasteiger partial charge in [0.25, 0.3) is 0 Å². The van der Waals surface area contributed by atoms with Gasteiger partial charge in [0.2, 0.25) is 0 Å². The van der Waals surface area contributed by atoms with Gasteiger partial charge in [-0.25, -0.2) is 4.68 Å². The van der Waals surface area contributed by atoms with Crippen LogP contribution in [0.2, 0.25) is 5.15 Å². The lowest BCUT2D eigenvalue weighted by Gasteiger charge is -2.29. The average Bonchev–Trinajstić information content (AvgIpc) is 3.21. The van der Waals surface area contributed by atoms with Crippen molar-refractivity contribution in [2.75, 3.05) is 0 Å². The molecule has 114 valence electrons. The Bertz CT molecular complexity index is 759. The molecule has 0 amide bonds. The summed E-state index contributed by atoms with van der Waals surface area (Å²) in [7, 11) is 0. The van der Waals surface area contributed by atoms with Crippen molar-refractivity contribution < 1.29 is 4.79 Å². The van der Waals surface area contributed by atoms with Gasteiger partial charge < -0.3 is 0 Å². The molecule has 4 rings (SSSR count). The number of fused-ring (bicyclic) bond motifs is 1. The maximum absolute atomic E-state index is 12.6. The van der Waals surface area contributed by atoms with E-state index >= 15 is 0 Å². The van der Waals surface area contributed by atoms with Crippen molar-refractivity contribution in [1.82, 2.24) is 20.0 Å². The van der Waals surface area contributed by atoms with Crippen molar-refractivity contribution >= 4 is 17.4 Å². The second kappa shape index (κ2) is 4.62. The number of rotatable bonds is 2. The summed E-state index contributed by atoms with van der Waals surface area (Å²) in [4.78, 5) is 12.6. The highest BCUT2D eigenvalue weighted by Gasteiger charge is 2.40. The van der Waals surface area contributed by atoms with Gasteiger partial charge in [0.05, 0.1) is 17.0 Å². The van der Waals surface area contributed by atoms with E-state index in [0.717, 1.165) is 36.2 Å². The number of halogens is 1. The van der Waals surface area contributed by atoms with E-state index < -0.39 is 0 Å². The number of aromatic nitrogens is 4. The second-order valence-electron chi connectivity index (χ2n) is 7.05. The molecule has 0 bridgehead atoms. The standard InChI is InChI=1S/C16H17ClN4O/c1-16(2)7-10-14(11(22)8-16)15(9-3-4-9)20-21(10)13-6-5-12(17)18-19-13/h5-6,9H,3-4,7-8H2,1-2H3. The van der Waals surface area contributed by atoms with Crippen molar-refractivity contribution in [3.05, 3.63) is 34.2 Å². The van der Waals surface area contributed by atoms with Gasteiger partial charge in [-0.15, -0.1) is 10.2 Å². The lowest BCUT2D eigenvalue weighted by Crippen LogP contribution is -2.28. The molecule has 1 fully saturated rings. The van der Waals surface area contributed by atoms with E-state index in [0.29, 0.717) is 23.3 Å². The molecule has 2 aromatic rings. The number of carbonyl (C=O) groups is 1. The molecule has 2 aliphatic carbocycles. The monoisotopic (exact) mass is 316 g/mol.